The second kappa shape index (κ2) is 13.3. The van der Waals surface area contributed by atoms with Crippen molar-refractivity contribution >= 4 is 61.6 Å². The number of anilines is 2. The standard InChI is InChI=1S/C21H24ClN5O.C6H7NO3S2/c1-23-15-5-7-20(18(22)12-15)27-14-25-19-13-16(4-6-17(19)21(27)28)24-8-11-26-9-2-3-10-26;1-5-2-3-6(11-5)12(9,10)7-4-8/h4-7,12-14,23-24H,2-3,8-11H2,1H3;2-4H,1H3,(H,7,8). The van der Waals surface area contributed by atoms with E-state index in [1.54, 1.807) is 30.1 Å². The van der Waals surface area contributed by atoms with Crippen molar-refractivity contribution in [1.29, 1.82) is 0 Å². The molecule has 2 aromatic carbocycles. The van der Waals surface area contributed by atoms with Gasteiger partial charge in [0.25, 0.3) is 15.6 Å². The Balaban J connectivity index is 0.000000259. The van der Waals surface area contributed by atoms with Crippen LogP contribution in [0.25, 0.3) is 16.6 Å². The number of hydrogen-bond acceptors (Lipinski definition) is 9. The van der Waals surface area contributed by atoms with Crippen molar-refractivity contribution in [2.75, 3.05) is 43.9 Å². The van der Waals surface area contributed by atoms with Gasteiger partial charge in [-0.2, -0.15) is 0 Å². The van der Waals surface area contributed by atoms with Crippen LogP contribution in [0, 0.1) is 6.92 Å². The third kappa shape index (κ3) is 7.19. The number of rotatable bonds is 9. The summed E-state index contributed by atoms with van der Waals surface area (Å²) in [6, 6.07) is 14.3. The van der Waals surface area contributed by atoms with Crippen molar-refractivity contribution in [2.24, 2.45) is 0 Å². The molecular formula is C27H31ClN6O4S2. The largest absolute Gasteiger partial charge is 0.388 e. The van der Waals surface area contributed by atoms with Crippen LogP contribution < -0.4 is 20.9 Å². The third-order valence-electron chi connectivity index (χ3n) is 6.39. The zero-order valence-electron chi connectivity index (χ0n) is 22.2. The molecule has 0 radical (unpaired) electrons. The van der Waals surface area contributed by atoms with Gasteiger partial charge in [0.1, 0.15) is 10.5 Å². The molecule has 0 aliphatic carbocycles. The molecule has 1 aliphatic rings. The number of carbonyl (C=O) groups is 1. The fourth-order valence-electron chi connectivity index (χ4n) is 4.30. The molecule has 3 N–H and O–H groups in total. The molecule has 0 saturated carbocycles. The molecule has 10 nitrogen and oxygen atoms in total. The van der Waals surface area contributed by atoms with Gasteiger partial charge in [-0.25, -0.2) is 13.4 Å². The third-order valence-corrected chi connectivity index (χ3v) is 9.47. The lowest BCUT2D eigenvalue weighted by Gasteiger charge is -2.15. The van der Waals surface area contributed by atoms with Crippen molar-refractivity contribution in [3.8, 4) is 5.69 Å². The predicted molar refractivity (Wildman–Crippen MR) is 162 cm³/mol. The van der Waals surface area contributed by atoms with Crippen molar-refractivity contribution in [1.82, 2.24) is 19.2 Å². The fourth-order valence-corrected chi connectivity index (χ4v) is 6.63. The summed E-state index contributed by atoms with van der Waals surface area (Å²) >= 11 is 7.49. The molecular weight excluding hydrogens is 572 g/mol. The topological polar surface area (TPSA) is 125 Å². The zero-order valence-corrected chi connectivity index (χ0v) is 24.6. The lowest BCUT2D eigenvalue weighted by molar-refractivity contribution is -0.108. The molecule has 13 heteroatoms. The molecule has 5 rings (SSSR count). The molecule has 212 valence electrons. The van der Waals surface area contributed by atoms with E-state index in [9.17, 15) is 18.0 Å². The van der Waals surface area contributed by atoms with Crippen LogP contribution in [0.4, 0.5) is 11.4 Å². The predicted octanol–water partition coefficient (Wildman–Crippen LogP) is 4.08. The van der Waals surface area contributed by atoms with Crippen LogP contribution in [0.1, 0.15) is 17.7 Å². The van der Waals surface area contributed by atoms with E-state index in [1.165, 1.54) is 36.6 Å². The first-order valence-corrected chi connectivity index (χ1v) is 15.4. The highest BCUT2D eigenvalue weighted by molar-refractivity contribution is 7.92. The Kier molecular flexibility index (Phi) is 9.80. The number of sulfonamides is 1. The highest BCUT2D eigenvalue weighted by Crippen LogP contribution is 2.24. The normalized spacial score (nSPS) is 13.5. The molecule has 1 saturated heterocycles. The molecule has 40 heavy (non-hydrogen) atoms. The second-order valence-corrected chi connectivity index (χ2v) is 12.8. The van der Waals surface area contributed by atoms with E-state index in [-0.39, 0.29) is 16.2 Å². The Labute approximate surface area is 242 Å². The van der Waals surface area contributed by atoms with E-state index in [2.05, 4.69) is 20.5 Å². The van der Waals surface area contributed by atoms with Crippen molar-refractivity contribution in [2.45, 2.75) is 24.0 Å². The quantitative estimate of drug-likeness (QED) is 0.245. The van der Waals surface area contributed by atoms with Gasteiger partial charge in [-0.1, -0.05) is 11.6 Å². The van der Waals surface area contributed by atoms with Crippen LogP contribution in [0.2, 0.25) is 5.02 Å². The van der Waals surface area contributed by atoms with Crippen LogP contribution in [0.3, 0.4) is 0 Å². The molecule has 2 aromatic heterocycles. The first-order chi connectivity index (χ1) is 19.2. The number of likely N-dealkylation sites (tertiary alicyclic amines) is 1. The minimum absolute atomic E-state index is 0.132. The molecule has 0 spiro atoms. The lowest BCUT2D eigenvalue weighted by atomic mass is 10.2. The number of hydrogen-bond donors (Lipinski definition) is 3. The number of nitrogens with zero attached hydrogens (tertiary/aromatic N) is 3. The van der Waals surface area contributed by atoms with Gasteiger partial charge >= 0.3 is 0 Å². The number of amides is 1. The number of nitrogens with one attached hydrogen (secondary N) is 3. The summed E-state index contributed by atoms with van der Waals surface area (Å²) in [4.78, 5) is 30.7. The molecule has 0 unspecified atom stereocenters. The van der Waals surface area contributed by atoms with E-state index in [0.29, 0.717) is 21.6 Å². The van der Waals surface area contributed by atoms with Crippen LogP contribution in [0.15, 0.2) is 63.9 Å². The number of carbonyl (C=O) groups excluding carboxylic acids is 1. The first-order valence-electron chi connectivity index (χ1n) is 12.7. The van der Waals surface area contributed by atoms with Crippen LogP contribution in [0.5, 0.6) is 0 Å². The SMILES string of the molecule is CNc1ccc(-n2cnc3cc(NCCN4CCCC4)ccc3c2=O)c(Cl)c1.Cc1ccc(S(=O)(=O)NC=O)s1. The van der Waals surface area contributed by atoms with Crippen molar-refractivity contribution in [3.05, 3.63) is 75.1 Å². The highest BCUT2D eigenvalue weighted by Gasteiger charge is 2.14. The maximum Gasteiger partial charge on any atom is 0.273 e. The lowest BCUT2D eigenvalue weighted by Crippen LogP contribution is -2.26. The Morgan fingerprint density at radius 2 is 1.82 bits per heavy atom. The van der Waals surface area contributed by atoms with Crippen molar-refractivity contribution < 1.29 is 13.2 Å². The molecule has 1 amide bonds. The average molecular weight is 603 g/mol. The molecule has 3 heterocycles. The van der Waals surface area contributed by atoms with Gasteiger partial charge in [0, 0.05) is 36.4 Å². The Morgan fingerprint density at radius 3 is 2.48 bits per heavy atom. The van der Waals surface area contributed by atoms with Crippen LogP contribution >= 0.6 is 22.9 Å². The van der Waals surface area contributed by atoms with Crippen LogP contribution in [-0.4, -0.2) is 62.5 Å². The number of aromatic nitrogens is 2. The number of fused-ring (bicyclic) bond motifs is 1. The van der Waals surface area contributed by atoms with Gasteiger partial charge < -0.3 is 15.5 Å². The van der Waals surface area contributed by atoms with E-state index >= 15 is 0 Å². The maximum atomic E-state index is 13.0. The number of halogens is 1. The van der Waals surface area contributed by atoms with E-state index < -0.39 is 10.0 Å². The smallest absolute Gasteiger partial charge is 0.273 e. The minimum atomic E-state index is -3.59. The Morgan fingerprint density at radius 1 is 1.07 bits per heavy atom. The van der Waals surface area contributed by atoms with Gasteiger partial charge in [0.15, 0.2) is 0 Å². The molecule has 0 bridgehead atoms. The Hall–Kier alpha value is -3.45. The van der Waals surface area contributed by atoms with Crippen molar-refractivity contribution in [3.63, 3.8) is 0 Å². The van der Waals surface area contributed by atoms with E-state index in [0.717, 1.165) is 40.7 Å². The summed E-state index contributed by atoms with van der Waals surface area (Å²) in [5.74, 6) is 0. The molecule has 0 atom stereocenters. The Bertz CT molecular complexity index is 1650. The second-order valence-electron chi connectivity index (χ2n) is 9.15. The summed E-state index contributed by atoms with van der Waals surface area (Å²) in [6.07, 6.45) is 4.30. The first kappa shape index (κ1) is 29.5. The molecule has 1 fully saturated rings. The summed E-state index contributed by atoms with van der Waals surface area (Å²) in [6.45, 7) is 6.10. The van der Waals surface area contributed by atoms with Gasteiger partial charge in [-0.05, 0) is 81.4 Å². The number of aryl methyl sites for hydroxylation is 1. The number of benzene rings is 2. The zero-order chi connectivity index (χ0) is 28.7. The van der Waals surface area contributed by atoms with Gasteiger partial charge in [0.05, 0.1) is 21.6 Å². The summed E-state index contributed by atoms with van der Waals surface area (Å²) in [5.41, 5.74) is 3.03. The average Bonchev–Trinajstić information content (AvgIpc) is 3.62. The highest BCUT2D eigenvalue weighted by atomic mass is 35.5. The number of thiophene rings is 1. The van der Waals surface area contributed by atoms with Gasteiger partial charge in [0.2, 0.25) is 6.41 Å². The van der Waals surface area contributed by atoms with E-state index in [4.69, 9.17) is 11.6 Å². The molecule has 4 aromatic rings. The molecule has 1 aliphatic heterocycles. The minimum Gasteiger partial charge on any atom is -0.388 e. The summed E-state index contributed by atoms with van der Waals surface area (Å²) in [5, 5.41) is 7.53. The fraction of sp³-hybridized carbons (Fsp3) is 0.296. The maximum absolute atomic E-state index is 13.0. The summed E-state index contributed by atoms with van der Waals surface area (Å²) in [7, 11) is -1.76. The van der Waals surface area contributed by atoms with Gasteiger partial charge in [-0.3, -0.25) is 18.9 Å². The van der Waals surface area contributed by atoms with E-state index in [1.807, 2.05) is 37.4 Å². The monoisotopic (exact) mass is 602 g/mol. The van der Waals surface area contributed by atoms with Crippen LogP contribution in [-0.2, 0) is 14.8 Å². The summed E-state index contributed by atoms with van der Waals surface area (Å²) < 4.78 is 25.6. The van der Waals surface area contributed by atoms with Gasteiger partial charge in [-0.15, -0.1) is 11.3 Å².